The number of benzene rings is 8. The molecule has 8 aromatic rings. The zero-order valence-corrected chi connectivity index (χ0v) is 28.9. The van der Waals surface area contributed by atoms with Gasteiger partial charge in [0.05, 0.1) is 0 Å². The van der Waals surface area contributed by atoms with Crippen LogP contribution in [0.1, 0.15) is 11.1 Å². The summed E-state index contributed by atoms with van der Waals surface area (Å²) in [6, 6.07) is 59.9. The van der Waals surface area contributed by atoms with Crippen LogP contribution in [0.4, 0.5) is 34.1 Å². The first-order valence-corrected chi connectivity index (χ1v) is 17.7. The van der Waals surface area contributed by atoms with E-state index in [0.29, 0.717) is 0 Å². The number of ether oxygens (including phenoxy) is 2. The van der Waals surface area contributed by atoms with E-state index in [9.17, 15) is 0 Å². The van der Waals surface area contributed by atoms with Gasteiger partial charge >= 0.3 is 0 Å². The molecule has 0 aliphatic carbocycles. The number of aryl methyl sites for hydroxylation is 2. The predicted octanol–water partition coefficient (Wildman–Crippen LogP) is 13.9. The van der Waals surface area contributed by atoms with Crippen LogP contribution in [-0.4, -0.2) is 0 Å². The summed E-state index contributed by atoms with van der Waals surface area (Å²) in [5.41, 5.74) is 13.3. The van der Waals surface area contributed by atoms with Crippen molar-refractivity contribution in [2.24, 2.45) is 0 Å². The molecule has 0 radical (unpaired) electrons. The van der Waals surface area contributed by atoms with Crippen molar-refractivity contribution in [3.8, 4) is 45.3 Å². The van der Waals surface area contributed by atoms with Crippen LogP contribution in [0.2, 0.25) is 0 Å². The molecule has 0 bridgehead atoms. The maximum absolute atomic E-state index is 6.77. The fourth-order valence-corrected chi connectivity index (χ4v) is 7.64. The lowest BCUT2D eigenvalue weighted by Gasteiger charge is -2.30. The van der Waals surface area contributed by atoms with Crippen molar-refractivity contribution in [1.29, 1.82) is 0 Å². The van der Waals surface area contributed by atoms with E-state index < -0.39 is 0 Å². The van der Waals surface area contributed by atoms with Crippen LogP contribution < -0.4 is 19.3 Å². The van der Waals surface area contributed by atoms with Crippen molar-refractivity contribution in [2.75, 3.05) is 9.80 Å². The third-order valence-corrected chi connectivity index (χ3v) is 10.2. The zero-order chi connectivity index (χ0) is 34.8. The molecule has 0 fully saturated rings. The summed E-state index contributed by atoms with van der Waals surface area (Å²) < 4.78 is 13.5. The Morgan fingerprint density at radius 1 is 0.308 bits per heavy atom. The molecule has 0 amide bonds. The SMILES string of the molecule is Cc1ccc(N(c2ccccc2)c2ccc3c(c2)Oc2ccc4c5c(ccc-3c25)-c2ccc(N(c3ccccc3)c3ccc(C)cc3)cc2O4)cc1. The molecule has 4 nitrogen and oxygen atoms in total. The number of para-hydroxylation sites is 2. The lowest BCUT2D eigenvalue weighted by molar-refractivity contribution is 0.475. The molecule has 0 atom stereocenters. The second kappa shape index (κ2) is 11.9. The van der Waals surface area contributed by atoms with Gasteiger partial charge in [0.15, 0.2) is 0 Å². The van der Waals surface area contributed by atoms with Gasteiger partial charge in [0.25, 0.3) is 0 Å². The largest absolute Gasteiger partial charge is 0.456 e. The van der Waals surface area contributed by atoms with Gasteiger partial charge in [0.2, 0.25) is 0 Å². The van der Waals surface area contributed by atoms with E-state index in [2.05, 4.69) is 169 Å². The Balaban J connectivity index is 1.06. The Morgan fingerprint density at radius 2 is 0.654 bits per heavy atom. The van der Waals surface area contributed by atoms with Crippen molar-refractivity contribution < 1.29 is 9.47 Å². The smallest absolute Gasteiger partial charge is 0.137 e. The second-order valence-electron chi connectivity index (χ2n) is 13.6. The molecule has 2 aliphatic heterocycles. The van der Waals surface area contributed by atoms with Crippen LogP contribution in [0, 0.1) is 13.8 Å². The molecule has 0 spiro atoms. The maximum Gasteiger partial charge on any atom is 0.137 e. The van der Waals surface area contributed by atoms with Gasteiger partial charge in [-0.3, -0.25) is 0 Å². The van der Waals surface area contributed by atoms with Gasteiger partial charge < -0.3 is 19.3 Å². The number of anilines is 6. The Bertz CT molecular complexity index is 2450. The lowest BCUT2D eigenvalue weighted by Crippen LogP contribution is -2.11. The topological polar surface area (TPSA) is 24.9 Å². The predicted molar refractivity (Wildman–Crippen MR) is 214 cm³/mol. The van der Waals surface area contributed by atoms with Crippen LogP contribution >= 0.6 is 0 Å². The fourth-order valence-electron chi connectivity index (χ4n) is 7.64. The number of hydrogen-bond acceptors (Lipinski definition) is 4. The molecular weight excluding hydrogens is 637 g/mol. The molecule has 8 aromatic carbocycles. The molecule has 10 rings (SSSR count). The van der Waals surface area contributed by atoms with Gasteiger partial charge in [0.1, 0.15) is 23.0 Å². The standard InChI is InChI=1S/C48H34N2O2/c1-31-13-17-35(18-14-31)49(33-9-5-3-6-10-33)37-21-23-39-41-25-26-42-40-24-22-38(50(34-11-7-4-8-12-34)36-19-15-32(2)16-20-36)30-46(40)52-44-28-27-43(47(41)48(42)44)51-45(39)29-37/h3-30H,1-2H3. The highest BCUT2D eigenvalue weighted by Gasteiger charge is 2.29. The lowest BCUT2D eigenvalue weighted by atomic mass is 9.88. The monoisotopic (exact) mass is 670 g/mol. The average Bonchev–Trinajstić information content (AvgIpc) is 3.19. The Labute approximate surface area is 303 Å². The normalized spacial score (nSPS) is 12.0. The fraction of sp³-hybridized carbons (Fsp3) is 0.0417. The van der Waals surface area contributed by atoms with Gasteiger partial charge in [-0.25, -0.2) is 0 Å². The van der Waals surface area contributed by atoms with Gasteiger partial charge in [-0.05, 0) is 110 Å². The minimum Gasteiger partial charge on any atom is -0.456 e. The van der Waals surface area contributed by atoms with Gasteiger partial charge in [-0.1, -0.05) is 83.9 Å². The van der Waals surface area contributed by atoms with Crippen LogP contribution in [0.5, 0.6) is 23.0 Å². The minimum atomic E-state index is 0.833. The number of hydrogen-bond donors (Lipinski definition) is 0. The van der Waals surface area contributed by atoms with Crippen molar-refractivity contribution >= 4 is 44.9 Å². The van der Waals surface area contributed by atoms with Crippen LogP contribution in [-0.2, 0) is 0 Å². The van der Waals surface area contributed by atoms with Crippen molar-refractivity contribution in [2.45, 2.75) is 13.8 Å². The Kier molecular flexibility index (Phi) is 6.90. The summed E-state index contributed by atoms with van der Waals surface area (Å²) in [7, 11) is 0. The Hall–Kier alpha value is -6.78. The number of nitrogens with zero attached hydrogens (tertiary/aromatic N) is 2. The van der Waals surface area contributed by atoms with Gasteiger partial charge in [-0.15, -0.1) is 0 Å². The third-order valence-electron chi connectivity index (χ3n) is 10.2. The first-order valence-electron chi connectivity index (χ1n) is 17.7. The van der Waals surface area contributed by atoms with E-state index >= 15 is 0 Å². The molecule has 0 saturated carbocycles. The quantitative estimate of drug-likeness (QED) is 0.176. The van der Waals surface area contributed by atoms with E-state index in [1.165, 1.54) is 11.1 Å². The molecule has 52 heavy (non-hydrogen) atoms. The second-order valence-corrected chi connectivity index (χ2v) is 13.6. The number of rotatable bonds is 6. The molecule has 248 valence electrons. The maximum atomic E-state index is 6.77. The van der Waals surface area contributed by atoms with E-state index in [1.54, 1.807) is 0 Å². The molecule has 4 heteroatoms. The summed E-state index contributed by atoms with van der Waals surface area (Å²) in [6.45, 7) is 4.23. The third kappa shape index (κ3) is 4.91. The van der Waals surface area contributed by atoms with E-state index in [4.69, 9.17) is 9.47 Å². The molecular formula is C48H34N2O2. The van der Waals surface area contributed by atoms with Gasteiger partial charge in [-0.2, -0.15) is 0 Å². The summed E-state index contributed by atoms with van der Waals surface area (Å²) in [5, 5.41) is 2.16. The highest BCUT2D eigenvalue weighted by molar-refractivity contribution is 6.14. The first kappa shape index (κ1) is 30.1. The average molecular weight is 671 g/mol. The summed E-state index contributed by atoms with van der Waals surface area (Å²) >= 11 is 0. The van der Waals surface area contributed by atoms with Crippen molar-refractivity contribution in [1.82, 2.24) is 0 Å². The van der Waals surface area contributed by atoms with E-state index in [0.717, 1.165) is 90.1 Å². The molecule has 2 aliphatic rings. The van der Waals surface area contributed by atoms with Crippen LogP contribution in [0.15, 0.2) is 170 Å². The summed E-state index contributed by atoms with van der Waals surface area (Å²) in [5.74, 6) is 3.33. The molecule has 0 unspecified atom stereocenters. The van der Waals surface area contributed by atoms with Crippen LogP contribution in [0.3, 0.4) is 0 Å². The van der Waals surface area contributed by atoms with Crippen molar-refractivity contribution in [3.05, 3.63) is 181 Å². The summed E-state index contributed by atoms with van der Waals surface area (Å²) in [4.78, 5) is 4.55. The zero-order valence-electron chi connectivity index (χ0n) is 28.9. The van der Waals surface area contributed by atoms with Crippen molar-refractivity contribution in [3.63, 3.8) is 0 Å². The summed E-state index contributed by atoms with van der Waals surface area (Å²) in [6.07, 6.45) is 0. The van der Waals surface area contributed by atoms with E-state index in [-0.39, 0.29) is 0 Å². The molecule has 0 saturated heterocycles. The number of fused-ring (bicyclic) bond motifs is 4. The van der Waals surface area contributed by atoms with Gasteiger partial charge in [0, 0.05) is 68.2 Å². The first-order chi connectivity index (χ1) is 25.6. The van der Waals surface area contributed by atoms with E-state index in [1.807, 2.05) is 24.3 Å². The molecule has 0 N–H and O–H groups in total. The van der Waals surface area contributed by atoms with Crippen LogP contribution in [0.25, 0.3) is 33.0 Å². The highest BCUT2D eigenvalue weighted by atomic mass is 16.5. The molecule has 0 aromatic heterocycles. The molecule has 2 heterocycles. The Morgan fingerprint density at radius 3 is 1.06 bits per heavy atom. The highest BCUT2D eigenvalue weighted by Crippen LogP contribution is 2.56. The minimum absolute atomic E-state index is 0.833.